The van der Waals surface area contributed by atoms with Crippen LogP contribution in [-0.2, 0) is 14.2 Å². The number of hydrogen-bond acceptors (Lipinski definition) is 7. The van der Waals surface area contributed by atoms with E-state index in [2.05, 4.69) is 23.9 Å². The molecule has 2 fully saturated rings. The van der Waals surface area contributed by atoms with Crippen molar-refractivity contribution >= 4 is 17.5 Å². The molecule has 2 N–H and O–H groups in total. The fourth-order valence-corrected chi connectivity index (χ4v) is 4.08. The maximum atomic E-state index is 12.0. The molecule has 0 amide bonds. The molecule has 8 heteroatoms. The minimum Gasteiger partial charge on any atom is -0.434 e. The predicted octanol–water partition coefficient (Wildman–Crippen LogP) is 3.12. The van der Waals surface area contributed by atoms with Gasteiger partial charge in [0.25, 0.3) is 0 Å². The van der Waals surface area contributed by atoms with Crippen molar-refractivity contribution in [1.82, 2.24) is 14.6 Å². The Morgan fingerprint density at radius 2 is 2.22 bits per heavy atom. The molecule has 0 radical (unpaired) electrons. The topological polar surface area (TPSA) is 101 Å². The van der Waals surface area contributed by atoms with E-state index in [1.54, 1.807) is 4.52 Å². The number of rotatable bonds is 6. The van der Waals surface area contributed by atoms with Gasteiger partial charge in [0.2, 0.25) is 0 Å². The minimum absolute atomic E-state index is 0.114. The van der Waals surface area contributed by atoms with E-state index in [1.165, 1.54) is 6.33 Å². The quantitative estimate of drug-likeness (QED) is 0.775. The lowest BCUT2D eigenvalue weighted by Gasteiger charge is -2.19. The highest BCUT2D eigenvalue weighted by atomic mass is 16.7. The number of nitrogens with two attached hydrogens (primary N) is 1. The summed E-state index contributed by atoms with van der Waals surface area (Å²) in [6, 6.07) is 3.85. The first-order valence-corrected chi connectivity index (χ1v) is 9.57. The first kappa shape index (κ1) is 18.0. The van der Waals surface area contributed by atoms with Gasteiger partial charge in [-0.3, -0.25) is 0 Å². The predicted molar refractivity (Wildman–Crippen MR) is 98.0 cm³/mol. The summed E-state index contributed by atoms with van der Waals surface area (Å²) in [5.41, 5.74) is 7.12. The molecule has 27 heavy (non-hydrogen) atoms. The first-order valence-electron chi connectivity index (χ1n) is 9.57. The Labute approximate surface area is 158 Å². The smallest absolute Gasteiger partial charge is 0.434 e. The molecular formula is C19H26N4O4. The zero-order valence-corrected chi connectivity index (χ0v) is 15.9. The van der Waals surface area contributed by atoms with Crippen LogP contribution in [0.5, 0.6) is 0 Å². The number of aromatic nitrogens is 3. The lowest BCUT2D eigenvalue weighted by Crippen LogP contribution is -2.23. The van der Waals surface area contributed by atoms with Crippen molar-refractivity contribution in [3.05, 3.63) is 24.2 Å². The molecule has 1 saturated carbocycles. The molecule has 0 aromatic carbocycles. The number of carbonyl (C=O) groups is 1. The van der Waals surface area contributed by atoms with E-state index in [9.17, 15) is 4.79 Å². The van der Waals surface area contributed by atoms with Crippen molar-refractivity contribution in [2.24, 2.45) is 11.8 Å². The number of hydrogen-bond donors (Lipinski definition) is 1. The van der Waals surface area contributed by atoms with Gasteiger partial charge < -0.3 is 19.9 Å². The van der Waals surface area contributed by atoms with Crippen molar-refractivity contribution < 1.29 is 19.0 Å². The van der Waals surface area contributed by atoms with E-state index in [4.69, 9.17) is 19.9 Å². The molecule has 4 rings (SSSR count). The number of fused-ring (bicyclic) bond motifs is 2. The SMILES string of the molecule is CCC(CC)COC(=O)OC1C2C[C@H](c3ccc4c(N)ncnn34)O[C@@]21C. The van der Waals surface area contributed by atoms with Crippen LogP contribution in [0, 0.1) is 11.8 Å². The van der Waals surface area contributed by atoms with Crippen LogP contribution in [0.2, 0.25) is 0 Å². The molecule has 1 aliphatic carbocycles. The fourth-order valence-electron chi connectivity index (χ4n) is 4.08. The van der Waals surface area contributed by atoms with Gasteiger partial charge in [0.15, 0.2) is 5.82 Å². The number of carbonyl (C=O) groups excluding carboxylic acids is 1. The normalized spacial score (nSPS) is 29.1. The Morgan fingerprint density at radius 3 is 2.89 bits per heavy atom. The van der Waals surface area contributed by atoms with Gasteiger partial charge in [0.05, 0.1) is 12.3 Å². The van der Waals surface area contributed by atoms with Crippen LogP contribution in [0.1, 0.15) is 51.8 Å². The Morgan fingerprint density at radius 1 is 1.44 bits per heavy atom. The second kappa shape index (κ2) is 6.67. The first-order chi connectivity index (χ1) is 13.0. The third-order valence-electron chi connectivity index (χ3n) is 6.08. The number of nitrogens with zero attached hydrogens (tertiary/aromatic N) is 3. The molecule has 2 aliphatic rings. The van der Waals surface area contributed by atoms with E-state index in [1.807, 2.05) is 19.1 Å². The van der Waals surface area contributed by atoms with Gasteiger partial charge in [-0.05, 0) is 31.4 Å². The summed E-state index contributed by atoms with van der Waals surface area (Å²) in [6.07, 6.45) is 3.19. The average Bonchev–Trinajstić information content (AvgIpc) is 3.01. The molecule has 3 heterocycles. The van der Waals surface area contributed by atoms with Crippen molar-refractivity contribution in [3.63, 3.8) is 0 Å². The van der Waals surface area contributed by atoms with Gasteiger partial charge in [0, 0.05) is 5.92 Å². The van der Waals surface area contributed by atoms with Crippen LogP contribution in [0.25, 0.3) is 5.52 Å². The third kappa shape index (κ3) is 3.01. The fraction of sp³-hybridized carbons (Fsp3) is 0.632. The van der Waals surface area contributed by atoms with Crippen LogP contribution in [0.3, 0.4) is 0 Å². The van der Waals surface area contributed by atoms with Crippen LogP contribution >= 0.6 is 0 Å². The van der Waals surface area contributed by atoms with Crippen molar-refractivity contribution in [1.29, 1.82) is 0 Å². The second-order valence-electron chi connectivity index (χ2n) is 7.62. The van der Waals surface area contributed by atoms with Crippen LogP contribution in [0.4, 0.5) is 10.6 Å². The second-order valence-corrected chi connectivity index (χ2v) is 7.62. The summed E-state index contributed by atoms with van der Waals surface area (Å²) in [6.45, 7) is 6.57. The Bertz CT molecular complexity index is 849. The minimum atomic E-state index is -0.601. The largest absolute Gasteiger partial charge is 0.508 e. The van der Waals surface area contributed by atoms with Gasteiger partial charge in [-0.1, -0.05) is 26.7 Å². The summed E-state index contributed by atoms with van der Waals surface area (Å²) in [5, 5.41) is 4.27. The lowest BCUT2D eigenvalue weighted by atomic mass is 10.1. The van der Waals surface area contributed by atoms with E-state index in [0.29, 0.717) is 18.3 Å². The van der Waals surface area contributed by atoms with Gasteiger partial charge in [-0.15, -0.1) is 0 Å². The Balaban J connectivity index is 1.36. The standard InChI is InChI=1S/C19H26N4O4/c1-4-11(5-2)9-25-18(24)26-16-12-8-15(27-19(12,16)3)13-6-7-14-17(20)21-10-22-23(13)14/h6-7,10-12,15-16H,4-5,8-9H2,1-3H3,(H2,20,21,22)/t12?,15-,16?,19+/m1/s1. The number of nitrogen functional groups attached to an aromatic ring is 1. The van der Waals surface area contributed by atoms with Gasteiger partial charge in [-0.25, -0.2) is 14.3 Å². The highest BCUT2D eigenvalue weighted by molar-refractivity contribution is 5.65. The monoisotopic (exact) mass is 374 g/mol. The average molecular weight is 374 g/mol. The molecule has 0 bridgehead atoms. The van der Waals surface area contributed by atoms with Gasteiger partial charge in [-0.2, -0.15) is 5.10 Å². The molecule has 2 aromatic rings. The number of ether oxygens (including phenoxy) is 3. The molecule has 1 aliphatic heterocycles. The Kier molecular flexibility index (Phi) is 4.46. The molecule has 4 atom stereocenters. The molecule has 146 valence electrons. The van der Waals surface area contributed by atoms with E-state index < -0.39 is 11.8 Å². The summed E-state index contributed by atoms with van der Waals surface area (Å²) in [5.74, 6) is 0.976. The van der Waals surface area contributed by atoms with Crippen molar-refractivity contribution in [2.45, 2.75) is 57.8 Å². The zero-order valence-electron chi connectivity index (χ0n) is 15.9. The Hall–Kier alpha value is -2.35. The molecule has 8 nitrogen and oxygen atoms in total. The zero-order chi connectivity index (χ0) is 19.2. The van der Waals surface area contributed by atoms with E-state index in [-0.39, 0.29) is 18.1 Å². The van der Waals surface area contributed by atoms with Crippen LogP contribution < -0.4 is 5.73 Å². The number of anilines is 1. The summed E-state index contributed by atoms with van der Waals surface area (Å²) in [4.78, 5) is 16.0. The van der Waals surface area contributed by atoms with Crippen LogP contribution in [-0.4, -0.2) is 39.1 Å². The van der Waals surface area contributed by atoms with Crippen molar-refractivity contribution in [3.8, 4) is 0 Å². The summed E-state index contributed by atoms with van der Waals surface area (Å²) >= 11 is 0. The molecular weight excluding hydrogens is 348 g/mol. The van der Waals surface area contributed by atoms with Gasteiger partial charge >= 0.3 is 6.16 Å². The van der Waals surface area contributed by atoms with E-state index in [0.717, 1.165) is 30.5 Å². The molecule has 0 spiro atoms. The lowest BCUT2D eigenvalue weighted by molar-refractivity contribution is -0.0450. The highest BCUT2D eigenvalue weighted by Gasteiger charge is 2.71. The van der Waals surface area contributed by atoms with E-state index >= 15 is 0 Å². The maximum absolute atomic E-state index is 12.0. The summed E-state index contributed by atoms with van der Waals surface area (Å²) in [7, 11) is 0. The molecule has 2 unspecified atom stereocenters. The van der Waals surface area contributed by atoms with Gasteiger partial charge in [0.1, 0.15) is 29.7 Å². The molecule has 1 saturated heterocycles. The highest BCUT2D eigenvalue weighted by Crippen LogP contribution is 2.61. The van der Waals surface area contributed by atoms with Crippen molar-refractivity contribution in [2.75, 3.05) is 12.3 Å². The summed E-state index contributed by atoms with van der Waals surface area (Å²) < 4.78 is 18.8. The maximum Gasteiger partial charge on any atom is 0.508 e. The van der Waals surface area contributed by atoms with Crippen LogP contribution in [0.15, 0.2) is 18.5 Å². The molecule has 2 aromatic heterocycles. The third-order valence-corrected chi connectivity index (χ3v) is 6.08.